The highest BCUT2D eigenvalue weighted by Crippen LogP contribution is 2.23. The van der Waals surface area contributed by atoms with Crippen LogP contribution >= 0.6 is 0 Å². The molecule has 0 saturated heterocycles. The van der Waals surface area contributed by atoms with Crippen LogP contribution in [0.1, 0.15) is 47.2 Å². The van der Waals surface area contributed by atoms with E-state index in [0.29, 0.717) is 5.69 Å². The summed E-state index contributed by atoms with van der Waals surface area (Å²) in [6, 6.07) is 11.5. The molecule has 0 aromatic heterocycles. The Kier molecular flexibility index (Phi) is 6.88. The third kappa shape index (κ3) is 5.58. The molecule has 0 bridgehead atoms. The lowest BCUT2D eigenvalue weighted by Crippen LogP contribution is -2.41. The first-order valence-electron chi connectivity index (χ1n) is 9.43. The minimum absolute atomic E-state index is 0.159. The number of aryl methyl sites for hydroxylation is 4. The number of sulfonamides is 1. The Morgan fingerprint density at radius 2 is 1.61 bits per heavy atom. The van der Waals surface area contributed by atoms with Crippen LogP contribution < -0.4 is 9.62 Å². The highest BCUT2D eigenvalue weighted by Gasteiger charge is 2.23. The summed E-state index contributed by atoms with van der Waals surface area (Å²) in [4.78, 5) is 12.7. The van der Waals surface area contributed by atoms with Crippen molar-refractivity contribution in [2.24, 2.45) is 0 Å². The molecular weight excluding hydrogens is 372 g/mol. The maximum absolute atomic E-state index is 12.7. The molecule has 2 aromatic carbocycles. The molecule has 0 heterocycles. The molecule has 0 saturated carbocycles. The molecule has 0 aliphatic heterocycles. The van der Waals surface area contributed by atoms with Gasteiger partial charge in [-0.2, -0.15) is 0 Å². The van der Waals surface area contributed by atoms with Crippen molar-refractivity contribution in [3.05, 3.63) is 64.2 Å². The number of anilines is 1. The van der Waals surface area contributed by atoms with Gasteiger partial charge in [0.25, 0.3) is 0 Å². The monoisotopic (exact) mass is 402 g/mol. The Morgan fingerprint density at radius 1 is 1.00 bits per heavy atom. The Morgan fingerprint density at radius 3 is 2.11 bits per heavy atom. The number of benzene rings is 2. The van der Waals surface area contributed by atoms with Crippen LogP contribution in [0.3, 0.4) is 0 Å². The smallest absolute Gasteiger partial charge is 0.241 e. The summed E-state index contributed by atoms with van der Waals surface area (Å²) in [6.45, 7) is 9.62. The molecule has 152 valence electrons. The van der Waals surface area contributed by atoms with Gasteiger partial charge >= 0.3 is 0 Å². The molecule has 5 nitrogen and oxygen atoms in total. The van der Waals surface area contributed by atoms with Crippen molar-refractivity contribution in [3.63, 3.8) is 0 Å². The number of nitrogens with zero attached hydrogens (tertiary/aromatic N) is 1. The molecule has 6 heteroatoms. The maximum atomic E-state index is 12.7. The lowest BCUT2D eigenvalue weighted by Gasteiger charge is -2.25. The standard InChI is InChI=1S/C22H30N2O3S/c1-7-21(20-9-8-15(2)11-18(20)5)23-22(25)14-24(28(6,26)27)19-12-16(3)10-17(4)13-19/h8-13,21H,7,14H2,1-6H3,(H,23,25)/t21-/m1/s1. The van der Waals surface area contributed by atoms with Gasteiger partial charge < -0.3 is 5.32 Å². The first-order valence-corrected chi connectivity index (χ1v) is 11.3. The number of carbonyl (C=O) groups excluding carboxylic acids is 1. The van der Waals surface area contributed by atoms with E-state index in [1.165, 1.54) is 5.56 Å². The minimum atomic E-state index is -3.59. The van der Waals surface area contributed by atoms with Crippen molar-refractivity contribution in [1.82, 2.24) is 5.32 Å². The molecule has 1 amide bonds. The normalized spacial score (nSPS) is 12.5. The van der Waals surface area contributed by atoms with E-state index in [0.717, 1.165) is 39.2 Å². The molecule has 0 spiro atoms. The highest BCUT2D eigenvalue weighted by atomic mass is 32.2. The third-order valence-corrected chi connectivity index (χ3v) is 5.87. The van der Waals surface area contributed by atoms with Crippen LogP contribution in [0.4, 0.5) is 5.69 Å². The fraction of sp³-hybridized carbons (Fsp3) is 0.409. The fourth-order valence-electron chi connectivity index (χ4n) is 3.48. The zero-order chi connectivity index (χ0) is 21.1. The van der Waals surface area contributed by atoms with Crippen LogP contribution in [0, 0.1) is 27.7 Å². The molecule has 2 aromatic rings. The molecular formula is C22H30N2O3S. The lowest BCUT2D eigenvalue weighted by atomic mass is 9.97. The van der Waals surface area contributed by atoms with Crippen LogP contribution in [0.2, 0.25) is 0 Å². The van der Waals surface area contributed by atoms with Crippen molar-refractivity contribution in [2.75, 3.05) is 17.1 Å². The van der Waals surface area contributed by atoms with Gasteiger partial charge in [0.05, 0.1) is 18.0 Å². The molecule has 0 unspecified atom stereocenters. The first kappa shape index (κ1) is 22.0. The zero-order valence-electron chi connectivity index (χ0n) is 17.5. The number of amides is 1. The molecule has 0 radical (unpaired) electrons. The van der Waals surface area contributed by atoms with Gasteiger partial charge in [0, 0.05) is 0 Å². The number of nitrogens with one attached hydrogen (secondary N) is 1. The van der Waals surface area contributed by atoms with E-state index in [2.05, 4.69) is 11.4 Å². The Hall–Kier alpha value is -2.34. The molecule has 1 N–H and O–H groups in total. The summed E-state index contributed by atoms with van der Waals surface area (Å²) in [5.74, 6) is -0.323. The summed E-state index contributed by atoms with van der Waals surface area (Å²) >= 11 is 0. The van der Waals surface area contributed by atoms with E-state index in [1.807, 2.05) is 52.8 Å². The molecule has 0 aliphatic carbocycles. The summed E-state index contributed by atoms with van der Waals surface area (Å²) in [5.41, 5.74) is 5.74. The minimum Gasteiger partial charge on any atom is -0.348 e. The molecule has 0 aliphatic rings. The van der Waals surface area contributed by atoms with Gasteiger partial charge in [0.15, 0.2) is 0 Å². The van der Waals surface area contributed by atoms with E-state index < -0.39 is 10.0 Å². The quantitative estimate of drug-likeness (QED) is 0.762. The molecule has 2 rings (SSSR count). The highest BCUT2D eigenvalue weighted by molar-refractivity contribution is 7.92. The second-order valence-corrected chi connectivity index (χ2v) is 9.41. The van der Waals surface area contributed by atoms with Gasteiger partial charge in [0.2, 0.25) is 15.9 Å². The van der Waals surface area contributed by atoms with Crippen molar-refractivity contribution in [2.45, 2.75) is 47.1 Å². The van der Waals surface area contributed by atoms with Gasteiger partial charge in [0.1, 0.15) is 6.54 Å². The van der Waals surface area contributed by atoms with Crippen LogP contribution in [-0.2, 0) is 14.8 Å². The average molecular weight is 403 g/mol. The largest absolute Gasteiger partial charge is 0.348 e. The molecule has 1 atom stereocenters. The Balaban J connectivity index is 2.25. The first-order chi connectivity index (χ1) is 13.0. The SMILES string of the molecule is CC[C@@H](NC(=O)CN(c1cc(C)cc(C)c1)S(C)(=O)=O)c1ccc(C)cc1C. The van der Waals surface area contributed by atoms with Crippen molar-refractivity contribution < 1.29 is 13.2 Å². The summed E-state index contributed by atoms with van der Waals surface area (Å²) < 4.78 is 25.9. The topological polar surface area (TPSA) is 66.5 Å². The van der Waals surface area contributed by atoms with E-state index in [-0.39, 0.29) is 18.5 Å². The second kappa shape index (κ2) is 8.78. The van der Waals surface area contributed by atoms with Crippen molar-refractivity contribution in [3.8, 4) is 0 Å². The zero-order valence-corrected chi connectivity index (χ0v) is 18.4. The van der Waals surface area contributed by atoms with Gasteiger partial charge in [-0.25, -0.2) is 8.42 Å². The number of rotatable bonds is 7. The van der Waals surface area contributed by atoms with Crippen LogP contribution in [0.5, 0.6) is 0 Å². The number of carbonyl (C=O) groups is 1. The van der Waals surface area contributed by atoms with Crippen molar-refractivity contribution in [1.29, 1.82) is 0 Å². The van der Waals surface area contributed by atoms with Gasteiger partial charge in [-0.15, -0.1) is 0 Å². The van der Waals surface area contributed by atoms with E-state index in [1.54, 1.807) is 12.1 Å². The number of hydrogen-bond acceptors (Lipinski definition) is 3. The summed E-state index contributed by atoms with van der Waals surface area (Å²) in [6.07, 6.45) is 1.84. The van der Waals surface area contributed by atoms with Crippen molar-refractivity contribution >= 4 is 21.6 Å². The van der Waals surface area contributed by atoms with E-state index >= 15 is 0 Å². The average Bonchev–Trinajstić information content (AvgIpc) is 2.56. The summed E-state index contributed by atoms with van der Waals surface area (Å²) in [7, 11) is -3.59. The molecule has 28 heavy (non-hydrogen) atoms. The predicted molar refractivity (Wildman–Crippen MR) is 115 cm³/mol. The van der Waals surface area contributed by atoms with Gasteiger partial charge in [-0.1, -0.05) is 36.8 Å². The Bertz CT molecular complexity index is 947. The van der Waals surface area contributed by atoms with Gasteiger partial charge in [-0.05, 0) is 68.5 Å². The summed E-state index contributed by atoms with van der Waals surface area (Å²) in [5, 5.41) is 3.00. The molecule has 0 fully saturated rings. The van der Waals surface area contributed by atoms with Crippen LogP contribution in [0.15, 0.2) is 36.4 Å². The third-order valence-electron chi connectivity index (χ3n) is 4.73. The Labute approximate surface area is 168 Å². The second-order valence-electron chi connectivity index (χ2n) is 7.50. The van der Waals surface area contributed by atoms with Gasteiger partial charge in [-0.3, -0.25) is 9.10 Å². The predicted octanol–water partition coefficient (Wildman–Crippen LogP) is 3.95. The van der Waals surface area contributed by atoms with E-state index in [4.69, 9.17) is 0 Å². The van der Waals surface area contributed by atoms with Crippen LogP contribution in [0.25, 0.3) is 0 Å². The van der Waals surface area contributed by atoms with E-state index in [9.17, 15) is 13.2 Å². The van der Waals surface area contributed by atoms with Crippen LogP contribution in [-0.4, -0.2) is 27.1 Å². The lowest BCUT2D eigenvalue weighted by molar-refractivity contribution is -0.120. The maximum Gasteiger partial charge on any atom is 0.241 e. The fourth-order valence-corrected chi connectivity index (χ4v) is 4.32. The number of hydrogen-bond donors (Lipinski definition) is 1.